The quantitative estimate of drug-likeness (QED) is 0.0568. The largest absolute Gasteiger partial charge is 0.394 e. The highest BCUT2D eigenvalue weighted by Crippen LogP contribution is 2.70. The first-order valence-corrected chi connectivity index (χ1v) is 30.2. The van der Waals surface area contributed by atoms with Crippen molar-refractivity contribution in [2.24, 2.45) is 52.3 Å². The summed E-state index contributed by atoms with van der Waals surface area (Å²) in [6.45, 7) is 4.47. The number of hydrogen-bond donors (Lipinski definition) is 17. The van der Waals surface area contributed by atoms with Crippen LogP contribution in [0.1, 0.15) is 85.5 Å². The van der Waals surface area contributed by atoms with E-state index in [4.69, 9.17) is 52.1 Å². The molecule has 0 bridgehead atoms. The second kappa shape index (κ2) is 26.3. The molecule has 0 spiro atoms. The molecule has 85 heavy (non-hydrogen) atoms. The zero-order chi connectivity index (χ0) is 61.5. The molecule has 29 nitrogen and oxygen atoms in total. The number of carbonyl (C=O) groups is 1. The number of rotatable bonds is 18. The Morgan fingerprint density at radius 2 is 1.13 bits per heavy atom. The van der Waals surface area contributed by atoms with Gasteiger partial charge in [-0.25, -0.2) is 0 Å². The standard InChI is InChI=1S/C56H92O29/c1-20(18-75-49-43(71)39(67)36(64)29(14-57)78-49)7-10-56(74)21(2)34-28(85-56)12-26-24-6-5-22-11-23(8-9-54(22,3)25(24)13-33(62)55(26,34)4)77-51-45(73)41(69)46(32(17-60)81-51)82-53-48(84-52-44(72)40(68)37(65)30(15-58)79-52)47(38(66)31(16-59)80-53)83-50-42(70)35(63)27(61)19-76-50/h20-32,34-53,57-61,63-74H,5-19H2,1-4H3/t20-,21-,22-,23+,24-,25-,26+,27+,28-,29+,30+,31+,32+,34-,35-,36+,37+,38+,39-,40-,41+,42+,43+,44+,45+,46+,47-,48+,49+,50-,51+,52-,53-,54+,55+,56-/m1/s1. The molecular formula is C56H92O29. The van der Waals surface area contributed by atoms with Gasteiger partial charge in [-0.3, -0.25) is 4.79 Å². The van der Waals surface area contributed by atoms with E-state index in [-0.39, 0.29) is 71.8 Å². The summed E-state index contributed by atoms with van der Waals surface area (Å²) in [5, 5.41) is 182. The summed E-state index contributed by atoms with van der Waals surface area (Å²) in [5.41, 5.74) is -1.01. The third-order valence-corrected chi connectivity index (χ3v) is 21.7. The van der Waals surface area contributed by atoms with Crippen LogP contribution in [0.2, 0.25) is 0 Å². The van der Waals surface area contributed by atoms with Gasteiger partial charge >= 0.3 is 0 Å². The summed E-state index contributed by atoms with van der Waals surface area (Å²) in [5.74, 6) is -1.75. The molecule has 0 radical (unpaired) electrons. The zero-order valence-corrected chi connectivity index (χ0v) is 48.2. The van der Waals surface area contributed by atoms with E-state index < -0.39 is 198 Å². The number of hydrogen-bond acceptors (Lipinski definition) is 29. The Morgan fingerprint density at radius 3 is 1.79 bits per heavy atom. The predicted octanol–water partition coefficient (Wildman–Crippen LogP) is -6.31. The van der Waals surface area contributed by atoms with Crippen LogP contribution in [0.5, 0.6) is 0 Å². The number of aliphatic hydroxyl groups excluding tert-OH is 16. The Labute approximate surface area is 491 Å². The van der Waals surface area contributed by atoms with Crippen molar-refractivity contribution >= 4 is 5.78 Å². The first-order chi connectivity index (χ1) is 40.2. The molecule has 6 heterocycles. The molecule has 10 aliphatic rings. The molecule has 6 saturated heterocycles. The van der Waals surface area contributed by atoms with Crippen molar-refractivity contribution in [1.82, 2.24) is 0 Å². The third kappa shape index (κ3) is 12.1. The lowest BCUT2D eigenvalue weighted by Crippen LogP contribution is -2.68. The molecular weight excluding hydrogens is 1140 g/mol. The highest BCUT2D eigenvalue weighted by Gasteiger charge is 2.71. The summed E-state index contributed by atoms with van der Waals surface area (Å²) < 4.78 is 65.6. The van der Waals surface area contributed by atoms with E-state index in [1.807, 2.05) is 13.8 Å². The molecule has 10 fully saturated rings. The van der Waals surface area contributed by atoms with E-state index in [9.17, 15) is 91.6 Å². The highest BCUT2D eigenvalue weighted by molar-refractivity contribution is 5.87. The molecule has 0 aromatic rings. The van der Waals surface area contributed by atoms with E-state index in [0.717, 1.165) is 12.8 Å². The first-order valence-electron chi connectivity index (χ1n) is 30.2. The van der Waals surface area contributed by atoms with Gasteiger partial charge in [0.1, 0.15) is 122 Å². The lowest BCUT2D eigenvalue weighted by atomic mass is 9.44. The number of ether oxygens (including phenoxy) is 11. The van der Waals surface area contributed by atoms with Gasteiger partial charge in [0.25, 0.3) is 0 Å². The topological polar surface area (TPSA) is 463 Å². The Kier molecular flexibility index (Phi) is 20.5. The van der Waals surface area contributed by atoms with Crippen LogP contribution in [0, 0.1) is 52.3 Å². The average molecular weight is 1230 g/mol. The molecule has 490 valence electrons. The number of fused-ring (bicyclic) bond motifs is 7. The van der Waals surface area contributed by atoms with E-state index in [1.165, 1.54) is 0 Å². The molecule has 17 N–H and O–H groups in total. The van der Waals surface area contributed by atoms with E-state index in [0.29, 0.717) is 38.5 Å². The van der Waals surface area contributed by atoms with Gasteiger partial charge in [0.15, 0.2) is 37.2 Å². The summed E-state index contributed by atoms with van der Waals surface area (Å²) in [7, 11) is 0. The monoisotopic (exact) mass is 1230 g/mol. The Hall–Kier alpha value is -1.45. The smallest absolute Gasteiger partial charge is 0.187 e. The number of aliphatic hydroxyl groups is 17. The maximum Gasteiger partial charge on any atom is 0.187 e. The molecule has 10 rings (SSSR count). The van der Waals surface area contributed by atoms with Gasteiger partial charge in [-0.1, -0.05) is 27.7 Å². The minimum atomic E-state index is -2.04. The van der Waals surface area contributed by atoms with Crippen LogP contribution in [0.4, 0.5) is 0 Å². The predicted molar refractivity (Wildman–Crippen MR) is 279 cm³/mol. The van der Waals surface area contributed by atoms with Gasteiger partial charge in [-0.2, -0.15) is 0 Å². The van der Waals surface area contributed by atoms with Crippen molar-refractivity contribution < 1.29 is 144 Å². The van der Waals surface area contributed by atoms with E-state index in [2.05, 4.69) is 13.8 Å². The Balaban J connectivity index is 0.769. The van der Waals surface area contributed by atoms with Gasteiger partial charge in [-0.05, 0) is 80.0 Å². The van der Waals surface area contributed by atoms with Crippen LogP contribution in [0.15, 0.2) is 0 Å². The fourth-order valence-electron chi connectivity index (χ4n) is 16.5. The number of ketones is 1. The van der Waals surface area contributed by atoms with Crippen LogP contribution in [-0.2, 0) is 56.9 Å². The van der Waals surface area contributed by atoms with Crippen molar-refractivity contribution in [1.29, 1.82) is 0 Å². The summed E-state index contributed by atoms with van der Waals surface area (Å²) in [6, 6.07) is 0. The lowest BCUT2D eigenvalue weighted by molar-refractivity contribution is -0.404. The highest BCUT2D eigenvalue weighted by atomic mass is 16.8. The first kappa shape index (κ1) is 66.5. The van der Waals surface area contributed by atoms with Crippen LogP contribution >= 0.6 is 0 Å². The average Bonchev–Trinajstić information content (AvgIpc) is 1.70. The van der Waals surface area contributed by atoms with Crippen LogP contribution in [0.3, 0.4) is 0 Å². The van der Waals surface area contributed by atoms with Crippen LogP contribution in [-0.4, -0.2) is 298 Å². The Bertz CT molecular complexity index is 2220. The van der Waals surface area contributed by atoms with E-state index >= 15 is 0 Å². The minimum absolute atomic E-state index is 0.0191. The van der Waals surface area contributed by atoms with Crippen molar-refractivity contribution in [2.45, 2.75) is 251 Å². The Morgan fingerprint density at radius 1 is 0.576 bits per heavy atom. The second-order valence-electron chi connectivity index (χ2n) is 26.5. The SMILES string of the molecule is C[C@H](CC[C@@]1(O)O[C@@H]2C[C@H]3[C@@H]4CC[C@@H]5C[C@@H](O[C@H]6O[C@@H](CO)[C@H](O[C@H]7O[C@@H](CO)[C@H](O)[C@@H](O[C@H]8OC[C@H](O)[C@@H](O)[C@@H]8O)[C@@H]7O[C@H]7O[C@@H](CO)[C@H](O)[C@@H](O)[C@@H]7O)[C@@H](O)[C@@H]6O)CC[C@]5(C)[C@@H]4CC(=O)[C@@]3(C)[C@@H]2[C@H]1C)CO[C@H]1O[C@@H](CO)[C@H](O)[C@@H](O)[C@@H]1O. The molecule has 0 aromatic heterocycles. The minimum Gasteiger partial charge on any atom is -0.394 e. The van der Waals surface area contributed by atoms with Crippen molar-refractivity contribution in [3.05, 3.63) is 0 Å². The second-order valence-corrected chi connectivity index (χ2v) is 26.5. The molecule has 36 atom stereocenters. The van der Waals surface area contributed by atoms with Crippen LogP contribution < -0.4 is 0 Å². The molecule has 0 amide bonds. The molecule has 0 unspecified atom stereocenters. The van der Waals surface area contributed by atoms with Gasteiger partial charge in [-0.15, -0.1) is 0 Å². The van der Waals surface area contributed by atoms with Gasteiger partial charge in [0, 0.05) is 30.1 Å². The molecule has 0 aromatic carbocycles. The number of carbonyl (C=O) groups excluding carboxylic acids is 1. The normalized spacial score (nSPS) is 54.9. The molecule has 4 aliphatic carbocycles. The molecule has 4 saturated carbocycles. The summed E-state index contributed by atoms with van der Waals surface area (Å²) in [6.07, 6.45) is -36.8. The van der Waals surface area contributed by atoms with Gasteiger partial charge in [0.05, 0.1) is 51.8 Å². The summed E-state index contributed by atoms with van der Waals surface area (Å²) in [4.78, 5) is 14.9. The lowest BCUT2D eigenvalue weighted by Gasteiger charge is -2.60. The van der Waals surface area contributed by atoms with E-state index in [1.54, 1.807) is 0 Å². The summed E-state index contributed by atoms with van der Waals surface area (Å²) >= 11 is 0. The fourth-order valence-corrected chi connectivity index (χ4v) is 16.5. The molecule has 29 heteroatoms. The zero-order valence-electron chi connectivity index (χ0n) is 48.2. The third-order valence-electron chi connectivity index (χ3n) is 21.7. The van der Waals surface area contributed by atoms with Gasteiger partial charge < -0.3 is 139 Å². The van der Waals surface area contributed by atoms with Crippen molar-refractivity contribution in [3.63, 3.8) is 0 Å². The molecule has 6 aliphatic heterocycles. The van der Waals surface area contributed by atoms with Crippen LogP contribution in [0.25, 0.3) is 0 Å². The maximum absolute atomic E-state index is 14.9. The fraction of sp³-hybridized carbons (Fsp3) is 0.982. The maximum atomic E-state index is 14.9. The number of Topliss-reactive ketones (excluding diaryl/α,β-unsaturated/α-hetero) is 1. The van der Waals surface area contributed by atoms with Crippen molar-refractivity contribution in [3.8, 4) is 0 Å². The van der Waals surface area contributed by atoms with Crippen molar-refractivity contribution in [2.75, 3.05) is 39.6 Å². The van der Waals surface area contributed by atoms with Gasteiger partial charge in [0.2, 0.25) is 0 Å².